The number of esters is 1. The second-order valence-electron chi connectivity index (χ2n) is 10.5. The summed E-state index contributed by atoms with van der Waals surface area (Å²) in [5, 5.41) is 11.3. The minimum absolute atomic E-state index is 0.120. The first kappa shape index (κ1) is 18.8. The molecule has 0 aromatic rings. The molecule has 26 heavy (non-hydrogen) atoms. The van der Waals surface area contributed by atoms with Gasteiger partial charge in [-0.1, -0.05) is 20.8 Å². The van der Waals surface area contributed by atoms with Crippen LogP contribution in [0, 0.1) is 34.5 Å². The molecular weight excluding hydrogens is 324 g/mol. The van der Waals surface area contributed by atoms with E-state index in [2.05, 4.69) is 20.8 Å². The molecule has 148 valence electrons. The lowest BCUT2D eigenvalue weighted by Crippen LogP contribution is -2.56. The fourth-order valence-corrected chi connectivity index (χ4v) is 8.25. The summed E-state index contributed by atoms with van der Waals surface area (Å²) in [6, 6.07) is 0. The quantitative estimate of drug-likeness (QED) is 0.695. The van der Waals surface area contributed by atoms with Crippen LogP contribution < -0.4 is 0 Å². The van der Waals surface area contributed by atoms with Gasteiger partial charge in [-0.3, -0.25) is 4.79 Å². The molecule has 4 fully saturated rings. The van der Waals surface area contributed by atoms with Crippen molar-refractivity contribution in [3.05, 3.63) is 0 Å². The lowest BCUT2D eigenvalue weighted by atomic mass is 9.44. The van der Waals surface area contributed by atoms with E-state index in [-0.39, 0.29) is 17.5 Å². The van der Waals surface area contributed by atoms with Crippen LogP contribution in [0.5, 0.6) is 0 Å². The van der Waals surface area contributed by atoms with E-state index in [9.17, 15) is 9.90 Å². The molecule has 3 nitrogen and oxygen atoms in total. The Hall–Kier alpha value is -0.570. The number of hydrogen-bond acceptors (Lipinski definition) is 3. The molecule has 4 aliphatic rings. The Bertz CT molecular complexity index is 574. The summed E-state index contributed by atoms with van der Waals surface area (Å²) in [5.41, 5.74) is 0.0995. The standard InChI is InChI=1S/C23H38O3/c1-5-23(25)13-10-20-18-7-6-16-14-17(26-15(2)24)8-11-21(16,3)19(18)9-12-22(20,23)4/h16-20,25H,5-14H2,1-4H3/t16-,17-,18-,19+,20+,21-,22-,23-/m0/s1. The summed E-state index contributed by atoms with van der Waals surface area (Å²) in [5.74, 6) is 2.89. The highest BCUT2D eigenvalue weighted by Crippen LogP contribution is 2.68. The molecule has 0 amide bonds. The highest BCUT2D eigenvalue weighted by Gasteiger charge is 2.64. The molecular formula is C23H38O3. The molecule has 0 aromatic heterocycles. The van der Waals surface area contributed by atoms with Crippen molar-refractivity contribution in [3.8, 4) is 0 Å². The number of fused-ring (bicyclic) bond motifs is 5. The van der Waals surface area contributed by atoms with Crippen LogP contribution in [0.3, 0.4) is 0 Å². The maximum Gasteiger partial charge on any atom is 0.302 e. The molecule has 0 heterocycles. The van der Waals surface area contributed by atoms with Crippen molar-refractivity contribution in [1.29, 1.82) is 0 Å². The minimum atomic E-state index is -0.437. The van der Waals surface area contributed by atoms with Crippen LogP contribution in [0.2, 0.25) is 0 Å². The van der Waals surface area contributed by atoms with Gasteiger partial charge in [-0.15, -0.1) is 0 Å². The Morgan fingerprint density at radius 1 is 1.04 bits per heavy atom. The van der Waals surface area contributed by atoms with Crippen LogP contribution in [-0.4, -0.2) is 22.8 Å². The molecule has 3 heteroatoms. The van der Waals surface area contributed by atoms with E-state index in [0.29, 0.717) is 17.3 Å². The lowest BCUT2D eigenvalue weighted by molar-refractivity contribution is -0.169. The van der Waals surface area contributed by atoms with Gasteiger partial charge in [0.2, 0.25) is 0 Å². The Morgan fingerprint density at radius 2 is 1.77 bits per heavy atom. The Kier molecular flexibility index (Phi) is 4.49. The summed E-state index contributed by atoms with van der Waals surface area (Å²) in [7, 11) is 0. The van der Waals surface area contributed by atoms with Gasteiger partial charge in [-0.2, -0.15) is 0 Å². The first-order valence-corrected chi connectivity index (χ1v) is 11.1. The fraction of sp³-hybridized carbons (Fsp3) is 0.957. The Labute approximate surface area is 159 Å². The van der Waals surface area contributed by atoms with Gasteiger partial charge in [0.15, 0.2) is 0 Å². The van der Waals surface area contributed by atoms with E-state index in [0.717, 1.165) is 37.5 Å². The summed E-state index contributed by atoms with van der Waals surface area (Å²) in [4.78, 5) is 11.4. The number of carbonyl (C=O) groups is 1. The smallest absolute Gasteiger partial charge is 0.302 e. The number of carbonyl (C=O) groups excluding carboxylic acids is 1. The predicted octanol–water partition coefficient (Wildman–Crippen LogP) is 5.10. The van der Waals surface area contributed by atoms with E-state index in [1.54, 1.807) is 6.92 Å². The summed E-state index contributed by atoms with van der Waals surface area (Å²) < 4.78 is 5.58. The second kappa shape index (κ2) is 6.22. The molecule has 0 unspecified atom stereocenters. The van der Waals surface area contributed by atoms with E-state index in [4.69, 9.17) is 4.74 Å². The number of hydrogen-bond donors (Lipinski definition) is 1. The molecule has 1 N–H and O–H groups in total. The average molecular weight is 363 g/mol. The highest BCUT2D eigenvalue weighted by atomic mass is 16.5. The summed E-state index contributed by atoms with van der Waals surface area (Å²) in [6.45, 7) is 8.66. The SMILES string of the molecule is CC[C@]1(O)CC[C@@H]2[C@H]3CC[C@H]4C[C@@H](OC(C)=O)CC[C@]4(C)[C@@H]3CC[C@@]21C. The van der Waals surface area contributed by atoms with Gasteiger partial charge in [0, 0.05) is 6.92 Å². The largest absolute Gasteiger partial charge is 0.463 e. The topological polar surface area (TPSA) is 46.5 Å². The molecule has 4 rings (SSSR count). The van der Waals surface area contributed by atoms with Crippen LogP contribution >= 0.6 is 0 Å². The molecule has 0 aromatic carbocycles. The van der Waals surface area contributed by atoms with E-state index in [1.807, 2.05) is 0 Å². The van der Waals surface area contributed by atoms with Gasteiger partial charge >= 0.3 is 5.97 Å². The first-order chi connectivity index (χ1) is 12.2. The Balaban J connectivity index is 1.55. The predicted molar refractivity (Wildman–Crippen MR) is 103 cm³/mol. The van der Waals surface area contributed by atoms with Crippen LogP contribution in [-0.2, 0) is 9.53 Å². The van der Waals surface area contributed by atoms with Gasteiger partial charge in [-0.05, 0) is 98.7 Å². The van der Waals surface area contributed by atoms with Crippen molar-refractivity contribution in [2.75, 3.05) is 0 Å². The molecule has 0 spiro atoms. The summed E-state index contributed by atoms with van der Waals surface area (Å²) >= 11 is 0. The van der Waals surface area contributed by atoms with Crippen molar-refractivity contribution in [2.24, 2.45) is 34.5 Å². The first-order valence-electron chi connectivity index (χ1n) is 11.1. The molecule has 0 radical (unpaired) electrons. The van der Waals surface area contributed by atoms with Gasteiger partial charge in [0.1, 0.15) is 6.10 Å². The van der Waals surface area contributed by atoms with E-state index < -0.39 is 5.60 Å². The van der Waals surface area contributed by atoms with Gasteiger partial charge in [0.25, 0.3) is 0 Å². The van der Waals surface area contributed by atoms with Gasteiger partial charge in [0.05, 0.1) is 5.60 Å². The van der Waals surface area contributed by atoms with Gasteiger partial charge < -0.3 is 9.84 Å². The molecule has 0 aliphatic heterocycles. The number of ether oxygens (including phenoxy) is 1. The average Bonchev–Trinajstić information content (AvgIpc) is 2.87. The molecule has 4 aliphatic carbocycles. The van der Waals surface area contributed by atoms with Crippen molar-refractivity contribution in [3.63, 3.8) is 0 Å². The second-order valence-corrected chi connectivity index (χ2v) is 10.5. The van der Waals surface area contributed by atoms with E-state index >= 15 is 0 Å². The zero-order chi connectivity index (χ0) is 18.7. The third-order valence-corrected chi connectivity index (χ3v) is 9.86. The van der Waals surface area contributed by atoms with E-state index in [1.165, 1.54) is 38.5 Å². The third kappa shape index (κ3) is 2.52. The monoisotopic (exact) mass is 362 g/mol. The van der Waals surface area contributed by atoms with Crippen molar-refractivity contribution in [1.82, 2.24) is 0 Å². The van der Waals surface area contributed by atoms with Crippen LogP contribution in [0.1, 0.15) is 91.9 Å². The van der Waals surface area contributed by atoms with Crippen LogP contribution in [0.15, 0.2) is 0 Å². The maximum atomic E-state index is 11.4. The molecule has 0 bridgehead atoms. The van der Waals surface area contributed by atoms with Crippen molar-refractivity contribution >= 4 is 5.97 Å². The fourth-order valence-electron chi connectivity index (χ4n) is 8.25. The van der Waals surface area contributed by atoms with Crippen LogP contribution in [0.25, 0.3) is 0 Å². The van der Waals surface area contributed by atoms with Gasteiger partial charge in [-0.25, -0.2) is 0 Å². The zero-order valence-electron chi connectivity index (χ0n) is 17.2. The summed E-state index contributed by atoms with van der Waals surface area (Å²) in [6.07, 6.45) is 11.7. The van der Waals surface area contributed by atoms with Crippen molar-refractivity contribution in [2.45, 2.75) is 104 Å². The third-order valence-electron chi connectivity index (χ3n) is 9.86. The molecule has 8 atom stereocenters. The molecule has 4 saturated carbocycles. The number of aliphatic hydroxyl groups is 1. The number of rotatable bonds is 2. The maximum absolute atomic E-state index is 11.4. The Morgan fingerprint density at radius 3 is 2.46 bits per heavy atom. The lowest BCUT2D eigenvalue weighted by Gasteiger charge is -2.61. The highest BCUT2D eigenvalue weighted by molar-refractivity contribution is 5.66. The molecule has 0 saturated heterocycles. The zero-order valence-corrected chi connectivity index (χ0v) is 17.2. The van der Waals surface area contributed by atoms with Crippen molar-refractivity contribution < 1.29 is 14.6 Å². The van der Waals surface area contributed by atoms with Crippen LogP contribution in [0.4, 0.5) is 0 Å². The minimum Gasteiger partial charge on any atom is -0.463 e. The normalized spacial score (nSPS) is 53.3.